The van der Waals surface area contributed by atoms with Crippen LogP contribution in [0.5, 0.6) is 0 Å². The fourth-order valence-electron chi connectivity index (χ4n) is 3.43. The Bertz CT molecular complexity index is 651. The Kier molecular flexibility index (Phi) is 6.50. The molecule has 1 aliphatic rings. The van der Waals surface area contributed by atoms with Crippen LogP contribution in [0.4, 0.5) is 0 Å². The number of carbonyl (C=O) groups excluding carboxylic acids is 1. The number of hydrogen-bond donors (Lipinski definition) is 0. The highest BCUT2D eigenvalue weighted by molar-refractivity contribution is 7.99. The van der Waals surface area contributed by atoms with E-state index in [0.717, 1.165) is 42.1 Å². The van der Waals surface area contributed by atoms with Crippen LogP contribution in [0.15, 0.2) is 36.9 Å². The van der Waals surface area contributed by atoms with Gasteiger partial charge in [0.05, 0.1) is 0 Å². The molecule has 0 unspecified atom stereocenters. The van der Waals surface area contributed by atoms with Gasteiger partial charge in [-0.25, -0.2) is 0 Å². The fraction of sp³-hybridized carbons (Fsp3) is 0.526. The molecule has 6 heteroatoms. The minimum absolute atomic E-state index is 0.166. The molecule has 0 atom stereocenters. The molecule has 0 saturated heterocycles. The molecule has 1 aliphatic carbocycles. The van der Waals surface area contributed by atoms with E-state index in [9.17, 15) is 4.79 Å². The highest BCUT2D eigenvalue weighted by atomic mass is 32.2. The second kappa shape index (κ2) is 9.04. The van der Waals surface area contributed by atoms with Crippen LogP contribution in [-0.4, -0.2) is 49.7 Å². The van der Waals surface area contributed by atoms with Gasteiger partial charge in [0.2, 0.25) is 0 Å². The second-order valence-corrected chi connectivity index (χ2v) is 7.80. The lowest BCUT2D eigenvalue weighted by atomic mass is 9.93. The number of hydrogen-bond acceptors (Lipinski definition) is 4. The molecule has 1 aromatic heterocycles. The third kappa shape index (κ3) is 4.63. The second-order valence-electron chi connectivity index (χ2n) is 6.40. The Balaban J connectivity index is 1.73. The van der Waals surface area contributed by atoms with E-state index in [-0.39, 0.29) is 5.91 Å². The third-order valence-electron chi connectivity index (χ3n) is 4.79. The van der Waals surface area contributed by atoms with Crippen molar-refractivity contribution < 1.29 is 4.79 Å². The average Bonchev–Trinajstić information content (AvgIpc) is 3.20. The van der Waals surface area contributed by atoms with E-state index in [0.29, 0.717) is 6.04 Å². The summed E-state index contributed by atoms with van der Waals surface area (Å²) in [6, 6.07) is 8.14. The molecule has 5 nitrogen and oxygen atoms in total. The van der Waals surface area contributed by atoms with Gasteiger partial charge in [-0.05, 0) is 42.9 Å². The Morgan fingerprint density at radius 1 is 1.16 bits per heavy atom. The summed E-state index contributed by atoms with van der Waals surface area (Å²) in [5, 5.41) is 7.65. The van der Waals surface area contributed by atoms with Gasteiger partial charge in [0, 0.05) is 29.6 Å². The minimum atomic E-state index is 0.166. The van der Waals surface area contributed by atoms with Crippen LogP contribution >= 0.6 is 11.8 Å². The lowest BCUT2D eigenvalue weighted by molar-refractivity contribution is 0.0650. The quantitative estimate of drug-likeness (QED) is 0.707. The average molecular weight is 359 g/mol. The highest BCUT2D eigenvalue weighted by Crippen LogP contribution is 2.24. The predicted molar refractivity (Wildman–Crippen MR) is 102 cm³/mol. The maximum Gasteiger partial charge on any atom is 0.254 e. The molecule has 0 bridgehead atoms. The zero-order chi connectivity index (χ0) is 17.5. The van der Waals surface area contributed by atoms with Crippen LogP contribution in [0.25, 0.3) is 5.69 Å². The summed E-state index contributed by atoms with van der Waals surface area (Å²) in [5.41, 5.74) is 1.73. The smallest absolute Gasteiger partial charge is 0.254 e. The van der Waals surface area contributed by atoms with Crippen molar-refractivity contribution in [2.24, 2.45) is 0 Å². The van der Waals surface area contributed by atoms with Gasteiger partial charge < -0.3 is 4.90 Å². The Morgan fingerprint density at radius 3 is 2.48 bits per heavy atom. The lowest BCUT2D eigenvalue weighted by Gasteiger charge is -2.34. The van der Waals surface area contributed by atoms with Crippen molar-refractivity contribution in [1.82, 2.24) is 19.7 Å². The van der Waals surface area contributed by atoms with Crippen molar-refractivity contribution in [2.45, 2.75) is 45.1 Å². The van der Waals surface area contributed by atoms with Gasteiger partial charge in [-0.2, -0.15) is 11.8 Å². The molecule has 0 radical (unpaired) electrons. The van der Waals surface area contributed by atoms with E-state index in [4.69, 9.17) is 0 Å². The largest absolute Gasteiger partial charge is 0.335 e. The number of rotatable bonds is 7. The van der Waals surface area contributed by atoms with Crippen LogP contribution in [0.1, 0.15) is 49.4 Å². The first-order valence-electron chi connectivity index (χ1n) is 9.13. The van der Waals surface area contributed by atoms with Gasteiger partial charge in [0.15, 0.2) is 0 Å². The third-order valence-corrected chi connectivity index (χ3v) is 5.67. The molecule has 1 saturated carbocycles. The van der Waals surface area contributed by atoms with Crippen LogP contribution in [0.2, 0.25) is 0 Å². The summed E-state index contributed by atoms with van der Waals surface area (Å²) in [5.74, 6) is 2.27. The fourth-order valence-corrected chi connectivity index (χ4v) is 4.04. The summed E-state index contributed by atoms with van der Waals surface area (Å²) >= 11 is 1.90. The lowest BCUT2D eigenvalue weighted by Crippen LogP contribution is -2.42. The Morgan fingerprint density at radius 2 is 1.84 bits per heavy atom. The molecule has 0 N–H and O–H groups in total. The number of nitrogens with zero attached hydrogens (tertiary/aromatic N) is 4. The predicted octanol–water partition coefficient (Wildman–Crippen LogP) is 3.80. The van der Waals surface area contributed by atoms with Gasteiger partial charge in [-0.3, -0.25) is 9.36 Å². The van der Waals surface area contributed by atoms with E-state index in [1.165, 1.54) is 19.3 Å². The maximum absolute atomic E-state index is 13.1. The first-order chi connectivity index (χ1) is 12.3. The monoisotopic (exact) mass is 358 g/mol. The normalized spacial score (nSPS) is 15.2. The van der Waals surface area contributed by atoms with Crippen molar-refractivity contribution >= 4 is 17.7 Å². The molecule has 1 heterocycles. The molecule has 134 valence electrons. The summed E-state index contributed by atoms with van der Waals surface area (Å²) in [6.45, 7) is 3.01. The van der Waals surface area contributed by atoms with Gasteiger partial charge >= 0.3 is 0 Å². The van der Waals surface area contributed by atoms with Crippen LogP contribution in [0, 0.1) is 0 Å². The van der Waals surface area contributed by atoms with E-state index < -0.39 is 0 Å². The van der Waals surface area contributed by atoms with Crippen molar-refractivity contribution in [3.63, 3.8) is 0 Å². The van der Waals surface area contributed by atoms with E-state index in [1.54, 1.807) is 12.7 Å². The molecule has 0 spiro atoms. The van der Waals surface area contributed by atoms with E-state index in [2.05, 4.69) is 22.0 Å². The Labute approximate surface area is 153 Å². The van der Waals surface area contributed by atoms with Gasteiger partial charge in [-0.1, -0.05) is 26.2 Å². The number of thioether (sulfide) groups is 1. The molecular weight excluding hydrogens is 332 g/mol. The van der Waals surface area contributed by atoms with Gasteiger partial charge in [0.1, 0.15) is 12.7 Å². The molecule has 1 aromatic carbocycles. The van der Waals surface area contributed by atoms with Gasteiger partial charge in [0.25, 0.3) is 5.91 Å². The summed E-state index contributed by atoms with van der Waals surface area (Å²) in [7, 11) is 0. The number of amides is 1. The standard InChI is InChI=1S/C19H26N4OS/c1-2-25-13-12-23(18-6-4-3-5-7-18)19(24)16-8-10-17(11-9-16)22-14-20-21-15-22/h8-11,14-15,18H,2-7,12-13H2,1H3. The first kappa shape index (κ1) is 18.0. The van der Waals surface area contributed by atoms with Crippen LogP contribution in [0.3, 0.4) is 0 Å². The molecule has 0 aliphatic heterocycles. The summed E-state index contributed by atoms with van der Waals surface area (Å²) in [6.07, 6.45) is 9.38. The zero-order valence-electron chi connectivity index (χ0n) is 14.8. The summed E-state index contributed by atoms with van der Waals surface area (Å²) in [4.78, 5) is 15.2. The van der Waals surface area contributed by atoms with Crippen molar-refractivity contribution in [3.8, 4) is 5.69 Å². The van der Waals surface area contributed by atoms with E-state index in [1.807, 2.05) is 40.6 Å². The number of aromatic nitrogens is 3. The SMILES string of the molecule is CCSCCN(C(=O)c1ccc(-n2cnnc2)cc1)C1CCCCC1. The molecule has 1 fully saturated rings. The number of benzene rings is 1. The molecule has 3 rings (SSSR count). The van der Waals surface area contributed by atoms with Crippen molar-refractivity contribution in [2.75, 3.05) is 18.1 Å². The molecule has 25 heavy (non-hydrogen) atoms. The topological polar surface area (TPSA) is 51.0 Å². The molecular formula is C19H26N4OS. The van der Waals surface area contributed by atoms with Crippen LogP contribution in [-0.2, 0) is 0 Å². The van der Waals surface area contributed by atoms with Crippen molar-refractivity contribution in [1.29, 1.82) is 0 Å². The van der Waals surface area contributed by atoms with Gasteiger partial charge in [-0.15, -0.1) is 10.2 Å². The molecule has 2 aromatic rings. The first-order valence-corrected chi connectivity index (χ1v) is 10.3. The van der Waals surface area contributed by atoms with E-state index >= 15 is 0 Å². The van der Waals surface area contributed by atoms with Crippen molar-refractivity contribution in [3.05, 3.63) is 42.5 Å². The van der Waals surface area contributed by atoms with Crippen LogP contribution < -0.4 is 0 Å². The maximum atomic E-state index is 13.1. The highest BCUT2D eigenvalue weighted by Gasteiger charge is 2.25. The molecule has 1 amide bonds. The number of carbonyl (C=O) groups is 1. The Hall–Kier alpha value is -1.82. The zero-order valence-corrected chi connectivity index (χ0v) is 15.6. The minimum Gasteiger partial charge on any atom is -0.335 e. The summed E-state index contributed by atoms with van der Waals surface area (Å²) < 4.78 is 1.84.